The van der Waals surface area contributed by atoms with Crippen LogP contribution in [0.25, 0.3) is 0 Å². The van der Waals surface area contributed by atoms with Gasteiger partial charge >= 0.3 is 0 Å². The fourth-order valence-corrected chi connectivity index (χ4v) is 5.60. The minimum Gasteiger partial charge on any atom is -0.338 e. The van der Waals surface area contributed by atoms with Gasteiger partial charge in [-0.2, -0.15) is 0 Å². The molecule has 1 aromatic carbocycles. The van der Waals surface area contributed by atoms with Gasteiger partial charge in [0.2, 0.25) is 5.91 Å². The van der Waals surface area contributed by atoms with Crippen molar-refractivity contribution in [2.24, 2.45) is 0 Å². The summed E-state index contributed by atoms with van der Waals surface area (Å²) in [7, 11) is -3.01. The first-order valence-electron chi connectivity index (χ1n) is 8.97. The molecule has 0 spiro atoms. The number of amides is 1. The van der Waals surface area contributed by atoms with E-state index in [-0.39, 0.29) is 23.5 Å². The summed E-state index contributed by atoms with van der Waals surface area (Å²) in [5.41, 5.74) is 1.02. The van der Waals surface area contributed by atoms with Crippen molar-refractivity contribution in [1.82, 2.24) is 9.80 Å². The number of rotatable bonds is 7. The van der Waals surface area contributed by atoms with E-state index in [1.165, 1.54) is 0 Å². The minimum absolute atomic E-state index is 0.00144. The Morgan fingerprint density at radius 2 is 1.88 bits per heavy atom. The van der Waals surface area contributed by atoms with E-state index < -0.39 is 9.84 Å². The van der Waals surface area contributed by atoms with Gasteiger partial charge in [-0.3, -0.25) is 9.69 Å². The minimum atomic E-state index is -3.01. The second-order valence-electron chi connectivity index (χ2n) is 7.12. The van der Waals surface area contributed by atoms with Crippen molar-refractivity contribution in [2.75, 3.05) is 24.6 Å². The number of nitrogens with zero attached hydrogens (tertiary/aromatic N) is 2. The number of benzene rings is 1. The zero-order chi connectivity index (χ0) is 18.9. The van der Waals surface area contributed by atoms with Crippen LogP contribution in [0.15, 0.2) is 18.2 Å². The molecule has 1 saturated carbocycles. The van der Waals surface area contributed by atoms with Crippen LogP contribution >= 0.6 is 23.2 Å². The predicted molar refractivity (Wildman–Crippen MR) is 104 cm³/mol. The smallest absolute Gasteiger partial charge is 0.237 e. The van der Waals surface area contributed by atoms with Crippen molar-refractivity contribution < 1.29 is 13.2 Å². The van der Waals surface area contributed by atoms with Crippen LogP contribution in [0.4, 0.5) is 0 Å². The molecule has 2 fully saturated rings. The molecule has 5 nitrogen and oxygen atoms in total. The van der Waals surface area contributed by atoms with E-state index in [0.717, 1.165) is 18.4 Å². The molecule has 1 saturated heterocycles. The van der Waals surface area contributed by atoms with Gasteiger partial charge in [-0.15, -0.1) is 0 Å². The standard InChI is InChI=1S/C18H24Cl2N2O3S/c1-2-22(15-7-8-26(24,25)12-15)18(23)11-21(14-4-5-14)10-13-3-6-16(19)17(20)9-13/h3,6,9,14-15H,2,4-5,7-8,10-12H2,1H3. The predicted octanol–water partition coefficient (Wildman–Crippen LogP) is 2.99. The first-order valence-corrected chi connectivity index (χ1v) is 11.5. The van der Waals surface area contributed by atoms with E-state index in [1.54, 1.807) is 11.0 Å². The third-order valence-electron chi connectivity index (χ3n) is 5.08. The number of halogens is 2. The fraction of sp³-hybridized carbons (Fsp3) is 0.611. The molecule has 8 heteroatoms. The first-order chi connectivity index (χ1) is 12.3. The highest BCUT2D eigenvalue weighted by Crippen LogP contribution is 2.30. The van der Waals surface area contributed by atoms with Crippen LogP contribution in [0, 0.1) is 0 Å². The van der Waals surface area contributed by atoms with E-state index in [0.29, 0.717) is 42.1 Å². The molecule has 1 unspecified atom stereocenters. The Bertz CT molecular complexity index is 781. The first kappa shape index (κ1) is 19.9. The Morgan fingerprint density at radius 1 is 1.15 bits per heavy atom. The van der Waals surface area contributed by atoms with Crippen molar-refractivity contribution in [3.8, 4) is 0 Å². The average molecular weight is 419 g/mol. The molecule has 0 aromatic heterocycles. The Morgan fingerprint density at radius 3 is 2.42 bits per heavy atom. The maximum atomic E-state index is 12.9. The molecule has 0 radical (unpaired) electrons. The number of carbonyl (C=O) groups excluding carboxylic acids is 1. The molecule has 1 aliphatic heterocycles. The highest BCUT2D eigenvalue weighted by Gasteiger charge is 2.36. The molecule has 1 amide bonds. The van der Waals surface area contributed by atoms with Crippen molar-refractivity contribution in [1.29, 1.82) is 0 Å². The molecule has 1 heterocycles. The van der Waals surface area contributed by atoms with Crippen molar-refractivity contribution in [3.63, 3.8) is 0 Å². The van der Waals surface area contributed by atoms with E-state index in [4.69, 9.17) is 23.2 Å². The van der Waals surface area contributed by atoms with Gasteiger partial charge in [0.1, 0.15) is 0 Å². The van der Waals surface area contributed by atoms with Gasteiger partial charge in [0.05, 0.1) is 28.1 Å². The number of hydrogen-bond acceptors (Lipinski definition) is 4. The lowest BCUT2D eigenvalue weighted by atomic mass is 10.2. The summed E-state index contributed by atoms with van der Waals surface area (Å²) in [5, 5.41) is 1.03. The van der Waals surface area contributed by atoms with Gasteiger partial charge in [0.15, 0.2) is 9.84 Å². The molecule has 0 N–H and O–H groups in total. The van der Waals surface area contributed by atoms with Gasteiger partial charge in [0, 0.05) is 25.2 Å². The molecule has 144 valence electrons. The molecule has 3 rings (SSSR count). The normalized spacial score (nSPS) is 21.9. The third-order valence-corrected chi connectivity index (χ3v) is 7.57. The summed E-state index contributed by atoms with van der Waals surface area (Å²) in [5.74, 6) is 0.265. The van der Waals surface area contributed by atoms with E-state index in [2.05, 4.69) is 4.90 Å². The molecule has 1 aliphatic carbocycles. The average Bonchev–Trinajstić information content (AvgIpc) is 3.35. The molecule has 1 atom stereocenters. The highest BCUT2D eigenvalue weighted by atomic mass is 35.5. The van der Waals surface area contributed by atoms with Crippen LogP contribution in [0.5, 0.6) is 0 Å². The van der Waals surface area contributed by atoms with Crippen molar-refractivity contribution >= 4 is 38.9 Å². The maximum absolute atomic E-state index is 12.9. The summed E-state index contributed by atoms with van der Waals surface area (Å²) in [6.45, 7) is 3.37. The van der Waals surface area contributed by atoms with Gasteiger partial charge in [-0.25, -0.2) is 8.42 Å². The van der Waals surface area contributed by atoms with Crippen LogP contribution in [0.1, 0.15) is 31.7 Å². The fourth-order valence-electron chi connectivity index (χ4n) is 3.55. The van der Waals surface area contributed by atoms with Crippen LogP contribution in [-0.2, 0) is 21.2 Å². The van der Waals surface area contributed by atoms with Gasteiger partial charge in [-0.1, -0.05) is 29.3 Å². The quantitative estimate of drug-likeness (QED) is 0.682. The van der Waals surface area contributed by atoms with Gasteiger partial charge in [0.25, 0.3) is 0 Å². The lowest BCUT2D eigenvalue weighted by Gasteiger charge is -2.30. The zero-order valence-corrected chi connectivity index (χ0v) is 17.2. The highest BCUT2D eigenvalue weighted by molar-refractivity contribution is 7.91. The van der Waals surface area contributed by atoms with Gasteiger partial charge in [-0.05, 0) is 43.9 Å². The molecular formula is C18H24Cl2N2O3S. The Kier molecular flexibility index (Phi) is 6.17. The topological polar surface area (TPSA) is 57.7 Å². The summed E-state index contributed by atoms with van der Waals surface area (Å²) < 4.78 is 23.5. The number of sulfone groups is 1. The molecule has 0 bridgehead atoms. The second kappa shape index (κ2) is 8.05. The molecule has 1 aromatic rings. The summed E-state index contributed by atoms with van der Waals surface area (Å²) in [6, 6.07) is 5.75. The van der Waals surface area contributed by atoms with Crippen molar-refractivity contribution in [2.45, 2.75) is 44.8 Å². The van der Waals surface area contributed by atoms with Crippen LogP contribution in [0.2, 0.25) is 10.0 Å². The zero-order valence-electron chi connectivity index (χ0n) is 14.8. The van der Waals surface area contributed by atoms with Gasteiger partial charge < -0.3 is 4.90 Å². The lowest BCUT2D eigenvalue weighted by Crippen LogP contribution is -2.46. The Balaban J connectivity index is 1.67. The SMILES string of the molecule is CCN(C(=O)CN(Cc1ccc(Cl)c(Cl)c1)C1CC1)C1CCS(=O)(=O)C1. The van der Waals surface area contributed by atoms with Crippen LogP contribution in [-0.4, -0.2) is 60.8 Å². The van der Waals surface area contributed by atoms with Crippen molar-refractivity contribution in [3.05, 3.63) is 33.8 Å². The lowest BCUT2D eigenvalue weighted by molar-refractivity contribution is -0.134. The van der Waals surface area contributed by atoms with Crippen LogP contribution < -0.4 is 0 Å². The van der Waals surface area contributed by atoms with E-state index in [1.807, 2.05) is 19.1 Å². The molecule has 2 aliphatic rings. The van der Waals surface area contributed by atoms with E-state index >= 15 is 0 Å². The third kappa shape index (κ3) is 4.91. The Hall–Kier alpha value is -0.820. The molecule has 26 heavy (non-hydrogen) atoms. The summed E-state index contributed by atoms with van der Waals surface area (Å²) >= 11 is 12.1. The monoisotopic (exact) mass is 418 g/mol. The van der Waals surface area contributed by atoms with Crippen LogP contribution in [0.3, 0.4) is 0 Å². The van der Waals surface area contributed by atoms with E-state index in [9.17, 15) is 13.2 Å². The number of likely N-dealkylation sites (N-methyl/N-ethyl adjacent to an activating group) is 1. The molecular weight excluding hydrogens is 395 g/mol. The largest absolute Gasteiger partial charge is 0.338 e. The number of hydrogen-bond donors (Lipinski definition) is 0. The number of carbonyl (C=O) groups is 1. The second-order valence-corrected chi connectivity index (χ2v) is 10.2. The Labute approximate surface area is 165 Å². The maximum Gasteiger partial charge on any atom is 0.237 e. The summed E-state index contributed by atoms with van der Waals surface area (Å²) in [6.07, 6.45) is 2.70. The summed E-state index contributed by atoms with van der Waals surface area (Å²) in [4.78, 5) is 16.8.